The molecule has 0 radical (unpaired) electrons. The van der Waals surface area contributed by atoms with Crippen molar-refractivity contribution in [3.05, 3.63) is 52.7 Å². The number of amides is 1. The Labute approximate surface area is 149 Å². The van der Waals surface area contributed by atoms with E-state index in [0.717, 1.165) is 50.0 Å². The summed E-state index contributed by atoms with van der Waals surface area (Å²) in [6.07, 6.45) is 9.08. The van der Waals surface area contributed by atoms with Gasteiger partial charge in [-0.3, -0.25) is 9.69 Å². The Hall–Kier alpha value is -1.58. The molecule has 3 rings (SSSR count). The molecule has 0 saturated carbocycles. The highest BCUT2D eigenvalue weighted by Crippen LogP contribution is 2.44. The van der Waals surface area contributed by atoms with Gasteiger partial charge in [0.25, 0.3) is 0 Å². The molecule has 1 aromatic rings. The zero-order valence-corrected chi connectivity index (χ0v) is 15.2. The van der Waals surface area contributed by atoms with Crippen molar-refractivity contribution in [1.29, 1.82) is 0 Å². The van der Waals surface area contributed by atoms with Crippen LogP contribution in [0.4, 0.5) is 5.69 Å². The van der Waals surface area contributed by atoms with E-state index in [-0.39, 0.29) is 11.3 Å². The van der Waals surface area contributed by atoms with Gasteiger partial charge < -0.3 is 5.32 Å². The number of hydrogen-bond donors (Lipinski definition) is 1. The van der Waals surface area contributed by atoms with E-state index in [1.54, 1.807) is 0 Å². The first-order chi connectivity index (χ1) is 11.5. The van der Waals surface area contributed by atoms with E-state index in [4.69, 9.17) is 11.6 Å². The normalized spacial score (nSPS) is 23.6. The van der Waals surface area contributed by atoms with Gasteiger partial charge in [-0.1, -0.05) is 30.7 Å². The minimum absolute atomic E-state index is 0.218. The van der Waals surface area contributed by atoms with E-state index in [1.807, 2.05) is 36.2 Å². The SMILES string of the molecule is CNCCCC1(C)CC2=C(CCC=C2)N(c2ccc(Cl)cc2)C1=O. The number of hydrogen-bond acceptors (Lipinski definition) is 2. The molecular weight excluding hydrogens is 320 g/mol. The van der Waals surface area contributed by atoms with Crippen LogP contribution in [0.25, 0.3) is 0 Å². The van der Waals surface area contributed by atoms with E-state index in [2.05, 4.69) is 24.4 Å². The van der Waals surface area contributed by atoms with Crippen molar-refractivity contribution in [1.82, 2.24) is 5.32 Å². The van der Waals surface area contributed by atoms with Gasteiger partial charge in [0.2, 0.25) is 5.91 Å². The number of anilines is 1. The quantitative estimate of drug-likeness (QED) is 0.786. The second-order valence-electron chi connectivity index (χ2n) is 6.97. The molecule has 0 aromatic heterocycles. The number of halogens is 1. The van der Waals surface area contributed by atoms with E-state index < -0.39 is 0 Å². The molecule has 3 nitrogen and oxygen atoms in total. The fourth-order valence-electron chi connectivity index (χ4n) is 3.72. The highest BCUT2D eigenvalue weighted by atomic mass is 35.5. The Morgan fingerprint density at radius 2 is 2.04 bits per heavy atom. The Bertz CT molecular complexity index is 677. The predicted octanol–water partition coefficient (Wildman–Crippen LogP) is 4.69. The van der Waals surface area contributed by atoms with Crippen molar-refractivity contribution < 1.29 is 4.79 Å². The van der Waals surface area contributed by atoms with E-state index in [0.29, 0.717) is 5.02 Å². The van der Waals surface area contributed by atoms with Crippen LogP contribution < -0.4 is 10.2 Å². The van der Waals surface area contributed by atoms with Crippen molar-refractivity contribution in [2.45, 2.75) is 39.0 Å². The number of carbonyl (C=O) groups is 1. The van der Waals surface area contributed by atoms with Crippen LogP contribution in [0.5, 0.6) is 0 Å². The lowest BCUT2D eigenvalue weighted by atomic mass is 9.73. The van der Waals surface area contributed by atoms with Crippen molar-refractivity contribution in [3.63, 3.8) is 0 Å². The second kappa shape index (κ2) is 7.12. The smallest absolute Gasteiger partial charge is 0.237 e. The molecule has 0 fully saturated rings. The van der Waals surface area contributed by atoms with Crippen LogP contribution in [0.15, 0.2) is 47.7 Å². The fraction of sp³-hybridized carbons (Fsp3) is 0.450. The molecule has 1 aromatic carbocycles. The third kappa shape index (κ3) is 3.28. The van der Waals surface area contributed by atoms with Crippen molar-refractivity contribution in [2.75, 3.05) is 18.5 Å². The van der Waals surface area contributed by atoms with Gasteiger partial charge in [-0.25, -0.2) is 0 Å². The van der Waals surface area contributed by atoms with Crippen molar-refractivity contribution in [3.8, 4) is 0 Å². The van der Waals surface area contributed by atoms with Crippen LogP contribution in [-0.2, 0) is 4.79 Å². The summed E-state index contributed by atoms with van der Waals surface area (Å²) in [4.78, 5) is 15.3. The van der Waals surface area contributed by atoms with Crippen LogP contribution in [-0.4, -0.2) is 19.5 Å². The number of allylic oxidation sites excluding steroid dienone is 4. The minimum Gasteiger partial charge on any atom is -0.320 e. The highest BCUT2D eigenvalue weighted by Gasteiger charge is 2.43. The van der Waals surface area contributed by atoms with E-state index in [1.165, 1.54) is 5.57 Å². The molecule has 1 atom stereocenters. The van der Waals surface area contributed by atoms with Gasteiger partial charge in [0.15, 0.2) is 0 Å². The molecule has 2 aliphatic rings. The molecule has 1 aliphatic heterocycles. The highest BCUT2D eigenvalue weighted by molar-refractivity contribution is 6.30. The molecule has 0 spiro atoms. The monoisotopic (exact) mass is 344 g/mol. The zero-order chi connectivity index (χ0) is 17.2. The summed E-state index contributed by atoms with van der Waals surface area (Å²) >= 11 is 6.03. The average Bonchev–Trinajstić information content (AvgIpc) is 2.58. The first-order valence-corrected chi connectivity index (χ1v) is 9.06. The van der Waals surface area contributed by atoms with Gasteiger partial charge >= 0.3 is 0 Å². The van der Waals surface area contributed by atoms with Crippen molar-refractivity contribution >= 4 is 23.2 Å². The summed E-state index contributed by atoms with van der Waals surface area (Å²) < 4.78 is 0. The summed E-state index contributed by atoms with van der Waals surface area (Å²) in [6.45, 7) is 3.05. The van der Waals surface area contributed by atoms with E-state index in [9.17, 15) is 4.79 Å². The molecule has 4 heteroatoms. The lowest BCUT2D eigenvalue weighted by molar-refractivity contribution is -0.128. The number of nitrogens with one attached hydrogen (secondary N) is 1. The summed E-state index contributed by atoms with van der Waals surface area (Å²) in [6, 6.07) is 7.61. The summed E-state index contributed by atoms with van der Waals surface area (Å²) in [5.74, 6) is 0.218. The van der Waals surface area contributed by atoms with Gasteiger partial charge in [-0.05, 0) is 75.5 Å². The minimum atomic E-state index is -0.350. The molecule has 1 N–H and O–H groups in total. The van der Waals surface area contributed by atoms with Gasteiger partial charge in [-0.15, -0.1) is 0 Å². The van der Waals surface area contributed by atoms with Gasteiger partial charge in [0, 0.05) is 16.4 Å². The molecule has 1 unspecified atom stereocenters. The summed E-state index contributed by atoms with van der Waals surface area (Å²) in [7, 11) is 1.95. The van der Waals surface area contributed by atoms with Gasteiger partial charge in [-0.2, -0.15) is 0 Å². The fourth-order valence-corrected chi connectivity index (χ4v) is 3.85. The number of carbonyl (C=O) groups excluding carboxylic acids is 1. The lowest BCUT2D eigenvalue weighted by Crippen LogP contribution is -2.47. The predicted molar refractivity (Wildman–Crippen MR) is 100 cm³/mol. The van der Waals surface area contributed by atoms with Crippen LogP contribution in [0.3, 0.4) is 0 Å². The number of benzene rings is 1. The summed E-state index contributed by atoms with van der Waals surface area (Å²) in [5, 5.41) is 3.87. The molecular formula is C20H25ClN2O. The summed E-state index contributed by atoms with van der Waals surface area (Å²) in [5.41, 5.74) is 3.04. The molecule has 0 bridgehead atoms. The molecule has 1 aliphatic carbocycles. The largest absolute Gasteiger partial charge is 0.320 e. The number of rotatable bonds is 5. The van der Waals surface area contributed by atoms with Crippen LogP contribution in [0.2, 0.25) is 5.02 Å². The average molecular weight is 345 g/mol. The Morgan fingerprint density at radius 3 is 2.75 bits per heavy atom. The molecule has 1 amide bonds. The third-order valence-electron chi connectivity index (χ3n) is 5.05. The van der Waals surface area contributed by atoms with E-state index >= 15 is 0 Å². The number of nitrogens with zero attached hydrogens (tertiary/aromatic N) is 1. The first kappa shape index (κ1) is 17.2. The maximum atomic E-state index is 13.4. The van der Waals surface area contributed by atoms with Crippen LogP contribution >= 0.6 is 11.6 Å². The molecule has 1 heterocycles. The Kier molecular flexibility index (Phi) is 5.12. The van der Waals surface area contributed by atoms with Crippen molar-refractivity contribution in [2.24, 2.45) is 5.41 Å². The first-order valence-electron chi connectivity index (χ1n) is 8.68. The standard InChI is InChI=1S/C20H25ClN2O/c1-20(12-5-13-22-2)14-15-6-3-4-7-18(15)23(19(20)24)17-10-8-16(21)9-11-17/h3,6,8-11,22H,4-5,7,12-14H2,1-2H3. The maximum Gasteiger partial charge on any atom is 0.237 e. The van der Waals surface area contributed by atoms with Crippen LogP contribution in [0.1, 0.15) is 39.0 Å². The molecule has 24 heavy (non-hydrogen) atoms. The lowest BCUT2D eigenvalue weighted by Gasteiger charge is -2.42. The zero-order valence-electron chi connectivity index (χ0n) is 14.4. The third-order valence-corrected chi connectivity index (χ3v) is 5.30. The molecule has 128 valence electrons. The molecule has 0 saturated heterocycles. The second-order valence-corrected chi connectivity index (χ2v) is 7.41. The Morgan fingerprint density at radius 1 is 1.29 bits per heavy atom. The van der Waals surface area contributed by atoms with Gasteiger partial charge in [0.05, 0.1) is 5.41 Å². The maximum absolute atomic E-state index is 13.4. The van der Waals surface area contributed by atoms with Crippen LogP contribution in [0, 0.1) is 5.41 Å². The van der Waals surface area contributed by atoms with Gasteiger partial charge in [0.1, 0.15) is 0 Å². The topological polar surface area (TPSA) is 32.3 Å². The Balaban J connectivity index is 1.98.